The first-order valence-electron chi connectivity index (χ1n) is 5.64. The van der Waals surface area contributed by atoms with Gasteiger partial charge in [-0.3, -0.25) is 9.59 Å². The lowest BCUT2D eigenvalue weighted by atomic mass is 9.79. The van der Waals surface area contributed by atoms with Gasteiger partial charge in [0, 0.05) is 7.11 Å². The summed E-state index contributed by atoms with van der Waals surface area (Å²) in [6.45, 7) is 0. The molecule has 1 aliphatic carbocycles. The van der Waals surface area contributed by atoms with E-state index in [1.165, 1.54) is 0 Å². The summed E-state index contributed by atoms with van der Waals surface area (Å²) >= 11 is 0. The van der Waals surface area contributed by atoms with Gasteiger partial charge in [0.2, 0.25) is 0 Å². The van der Waals surface area contributed by atoms with Crippen molar-refractivity contribution in [1.82, 2.24) is 9.97 Å². The van der Waals surface area contributed by atoms with Gasteiger partial charge in [-0.05, 0) is 19.3 Å². The summed E-state index contributed by atoms with van der Waals surface area (Å²) in [5.74, 6) is -0.779. The van der Waals surface area contributed by atoms with Gasteiger partial charge in [0.1, 0.15) is 17.2 Å². The van der Waals surface area contributed by atoms with E-state index in [4.69, 9.17) is 15.6 Å². The van der Waals surface area contributed by atoms with E-state index in [1.807, 2.05) is 0 Å². The van der Waals surface area contributed by atoms with Gasteiger partial charge in [0.05, 0.1) is 12.0 Å². The number of H-pyrrole nitrogens is 1. The normalized spacial score (nSPS) is 17.2. The second-order valence-corrected chi connectivity index (χ2v) is 4.40. The number of nitrogens with two attached hydrogens (primary N) is 1. The smallest absolute Gasteiger partial charge is 0.308 e. The van der Waals surface area contributed by atoms with Crippen LogP contribution < -0.4 is 11.3 Å². The van der Waals surface area contributed by atoms with Crippen molar-refractivity contribution in [2.45, 2.75) is 31.3 Å². The number of carbonyl (C=O) groups is 1. The second-order valence-electron chi connectivity index (χ2n) is 4.40. The molecular weight excluding hydrogens is 238 g/mol. The molecule has 0 unspecified atom stereocenters. The number of aliphatic carboxylic acids is 1. The Morgan fingerprint density at radius 2 is 2.28 bits per heavy atom. The van der Waals surface area contributed by atoms with Crippen LogP contribution >= 0.6 is 0 Å². The average Bonchev–Trinajstić information content (AvgIpc) is 2.22. The fraction of sp³-hybridized carbons (Fsp3) is 0.545. The molecular formula is C11H15N3O4. The number of aromatic nitrogens is 2. The van der Waals surface area contributed by atoms with Crippen molar-refractivity contribution in [3.63, 3.8) is 0 Å². The number of hydrogen-bond acceptors (Lipinski definition) is 5. The van der Waals surface area contributed by atoms with Crippen LogP contribution in [0.25, 0.3) is 0 Å². The van der Waals surface area contributed by atoms with Crippen molar-refractivity contribution in [2.75, 3.05) is 12.8 Å². The van der Waals surface area contributed by atoms with Crippen molar-refractivity contribution in [1.29, 1.82) is 0 Å². The molecule has 0 amide bonds. The summed E-state index contributed by atoms with van der Waals surface area (Å²) in [6.07, 6.45) is 2.09. The van der Waals surface area contributed by atoms with Gasteiger partial charge in [0.25, 0.3) is 5.56 Å². The number of hydrogen-bond donors (Lipinski definition) is 3. The third kappa shape index (κ3) is 1.97. The van der Waals surface area contributed by atoms with E-state index in [9.17, 15) is 9.59 Å². The minimum Gasteiger partial charge on any atom is -0.481 e. The molecule has 0 saturated heterocycles. The number of ether oxygens (including phenoxy) is 1. The Balaban J connectivity index is 2.42. The summed E-state index contributed by atoms with van der Waals surface area (Å²) in [6, 6.07) is 0. The number of carboxylic acids is 1. The monoisotopic (exact) mass is 253 g/mol. The molecule has 1 aliphatic rings. The predicted octanol–water partition coefficient (Wildman–Crippen LogP) is 0.00480. The quantitative estimate of drug-likeness (QED) is 0.695. The van der Waals surface area contributed by atoms with Crippen molar-refractivity contribution < 1.29 is 14.6 Å². The summed E-state index contributed by atoms with van der Waals surface area (Å²) in [4.78, 5) is 29.1. The average molecular weight is 253 g/mol. The summed E-state index contributed by atoms with van der Waals surface area (Å²) in [5, 5.41) is 8.69. The number of rotatable bonds is 4. The standard InChI is InChI=1S/C11H15N3O4/c1-18-11(3-2-4-11)10-13-8(12)6(5-7(15)16)9(17)14-10/h2-5H2,1H3,(H,15,16)(H3,12,13,14,17). The topological polar surface area (TPSA) is 118 Å². The maximum Gasteiger partial charge on any atom is 0.308 e. The van der Waals surface area contributed by atoms with Crippen LogP contribution in [0, 0.1) is 0 Å². The number of anilines is 1. The third-order valence-corrected chi connectivity index (χ3v) is 3.36. The lowest BCUT2D eigenvalue weighted by molar-refractivity contribution is -0.136. The largest absolute Gasteiger partial charge is 0.481 e. The molecule has 7 nitrogen and oxygen atoms in total. The minimum absolute atomic E-state index is 0.0168. The third-order valence-electron chi connectivity index (χ3n) is 3.36. The van der Waals surface area contributed by atoms with Gasteiger partial charge >= 0.3 is 5.97 Å². The first kappa shape index (κ1) is 12.6. The van der Waals surface area contributed by atoms with Crippen molar-refractivity contribution in [3.05, 3.63) is 21.7 Å². The highest BCUT2D eigenvalue weighted by molar-refractivity contribution is 5.71. The number of nitrogens with zero attached hydrogens (tertiary/aromatic N) is 1. The summed E-state index contributed by atoms with van der Waals surface area (Å²) in [5.41, 5.74) is 4.55. The molecule has 18 heavy (non-hydrogen) atoms. The number of nitrogen functional groups attached to an aromatic ring is 1. The van der Waals surface area contributed by atoms with Crippen molar-refractivity contribution in [3.8, 4) is 0 Å². The Morgan fingerprint density at radius 3 is 2.67 bits per heavy atom. The van der Waals surface area contributed by atoms with Gasteiger partial charge in [-0.25, -0.2) is 4.98 Å². The highest BCUT2D eigenvalue weighted by Gasteiger charge is 2.41. The van der Waals surface area contributed by atoms with Gasteiger partial charge in [-0.2, -0.15) is 0 Å². The molecule has 1 aromatic rings. The molecule has 0 spiro atoms. The van der Waals surface area contributed by atoms with Crippen LogP contribution in [0.4, 0.5) is 5.82 Å². The molecule has 0 bridgehead atoms. The fourth-order valence-electron chi connectivity index (χ4n) is 2.09. The molecule has 0 aliphatic heterocycles. The van der Waals surface area contributed by atoms with Crippen LogP contribution in [-0.4, -0.2) is 28.2 Å². The van der Waals surface area contributed by atoms with Crippen molar-refractivity contribution >= 4 is 11.8 Å². The zero-order valence-corrected chi connectivity index (χ0v) is 10.0. The number of carboxylic acid groups (broad SMARTS) is 1. The number of nitrogens with one attached hydrogen (secondary N) is 1. The van der Waals surface area contributed by atoms with Crippen LogP contribution in [0.5, 0.6) is 0 Å². The number of methoxy groups -OCH3 is 1. The lowest BCUT2D eigenvalue weighted by Gasteiger charge is -2.39. The Hall–Kier alpha value is -1.89. The van der Waals surface area contributed by atoms with E-state index in [-0.39, 0.29) is 11.4 Å². The van der Waals surface area contributed by atoms with E-state index >= 15 is 0 Å². The molecule has 1 saturated carbocycles. The second kappa shape index (κ2) is 4.41. The molecule has 1 aromatic heterocycles. The highest BCUT2D eigenvalue weighted by atomic mass is 16.5. The molecule has 7 heteroatoms. The minimum atomic E-state index is -1.12. The van der Waals surface area contributed by atoms with E-state index < -0.39 is 23.6 Å². The predicted molar refractivity (Wildman–Crippen MR) is 63.1 cm³/mol. The molecule has 1 fully saturated rings. The Kier molecular flexibility index (Phi) is 3.08. The van der Waals surface area contributed by atoms with Gasteiger partial charge in [-0.15, -0.1) is 0 Å². The Bertz CT molecular complexity index is 528. The van der Waals surface area contributed by atoms with Crippen LogP contribution in [-0.2, 0) is 21.6 Å². The fourth-order valence-corrected chi connectivity index (χ4v) is 2.09. The molecule has 0 atom stereocenters. The first-order chi connectivity index (χ1) is 8.48. The molecule has 98 valence electrons. The van der Waals surface area contributed by atoms with Crippen LogP contribution in [0.2, 0.25) is 0 Å². The molecule has 2 rings (SSSR count). The van der Waals surface area contributed by atoms with Crippen LogP contribution in [0.1, 0.15) is 30.7 Å². The first-order valence-corrected chi connectivity index (χ1v) is 5.64. The van der Waals surface area contributed by atoms with Crippen molar-refractivity contribution in [2.24, 2.45) is 0 Å². The molecule has 0 radical (unpaired) electrons. The summed E-state index contributed by atoms with van der Waals surface area (Å²) in [7, 11) is 1.56. The lowest BCUT2D eigenvalue weighted by Crippen LogP contribution is -2.40. The van der Waals surface area contributed by atoms with E-state index in [2.05, 4.69) is 9.97 Å². The van der Waals surface area contributed by atoms with E-state index in [1.54, 1.807) is 7.11 Å². The van der Waals surface area contributed by atoms with Gasteiger partial charge in [0.15, 0.2) is 0 Å². The van der Waals surface area contributed by atoms with E-state index in [0.29, 0.717) is 5.82 Å². The zero-order valence-electron chi connectivity index (χ0n) is 10.0. The highest BCUT2D eigenvalue weighted by Crippen LogP contribution is 2.42. The van der Waals surface area contributed by atoms with Crippen LogP contribution in [0.15, 0.2) is 4.79 Å². The zero-order chi connectivity index (χ0) is 13.3. The number of aromatic amines is 1. The Morgan fingerprint density at radius 1 is 1.61 bits per heavy atom. The van der Waals surface area contributed by atoms with E-state index in [0.717, 1.165) is 19.3 Å². The van der Waals surface area contributed by atoms with Crippen LogP contribution in [0.3, 0.4) is 0 Å². The molecule has 0 aromatic carbocycles. The van der Waals surface area contributed by atoms with Gasteiger partial charge < -0.3 is 20.6 Å². The SMILES string of the molecule is COC1(c2nc(N)c(CC(=O)O)c(=O)[nH]2)CCC1. The maximum absolute atomic E-state index is 11.8. The molecule has 1 heterocycles. The Labute approximate surface area is 103 Å². The van der Waals surface area contributed by atoms with Gasteiger partial charge in [-0.1, -0.05) is 0 Å². The maximum atomic E-state index is 11.8. The molecule has 4 N–H and O–H groups in total. The summed E-state index contributed by atoms with van der Waals surface area (Å²) < 4.78 is 5.39.